The Morgan fingerprint density at radius 1 is 0.750 bits per heavy atom. The average molecular weight is 308 g/mol. The molecule has 2 rings (SSSR count). The van der Waals surface area contributed by atoms with Crippen LogP contribution < -0.4 is 0 Å². The van der Waals surface area contributed by atoms with Crippen molar-refractivity contribution in [3.05, 3.63) is 60.2 Å². The van der Waals surface area contributed by atoms with Crippen LogP contribution in [0.4, 0.5) is 0 Å². The topological polar surface area (TPSA) is 59.9 Å². The zero-order chi connectivity index (χ0) is 14.2. The molecule has 4 nitrogen and oxygen atoms in total. The van der Waals surface area contributed by atoms with Gasteiger partial charge in [0.1, 0.15) is 0 Å². The van der Waals surface area contributed by atoms with Gasteiger partial charge in [-0.3, -0.25) is 18.4 Å². The molecule has 2 aromatic heterocycles. The Balaban J connectivity index is 1.75. The van der Waals surface area contributed by atoms with Gasteiger partial charge in [-0.1, -0.05) is 12.1 Å². The van der Waals surface area contributed by atoms with Crippen LogP contribution in [0.5, 0.6) is 0 Å². The van der Waals surface area contributed by atoms with Gasteiger partial charge in [0.2, 0.25) is 0 Å². The van der Waals surface area contributed by atoms with Gasteiger partial charge in [-0.25, -0.2) is 0 Å². The third-order valence-corrected chi connectivity index (χ3v) is 5.42. The molecule has 0 fully saturated rings. The number of hydrogen-bond donors (Lipinski definition) is 0. The SMILES string of the molecule is O=[S@@](CC[S@](=O)Cc1ccccn1)Cc1ccccn1. The van der Waals surface area contributed by atoms with Gasteiger partial charge in [-0.05, 0) is 24.3 Å². The number of rotatable bonds is 7. The highest BCUT2D eigenvalue weighted by molar-refractivity contribution is 7.88. The largest absolute Gasteiger partial charge is 0.260 e. The molecule has 0 spiro atoms. The van der Waals surface area contributed by atoms with E-state index in [4.69, 9.17) is 0 Å². The first-order chi connectivity index (χ1) is 9.74. The van der Waals surface area contributed by atoms with Gasteiger partial charge in [0, 0.05) is 45.5 Å². The molecule has 0 N–H and O–H groups in total. The molecule has 0 amide bonds. The third kappa shape index (κ3) is 5.30. The van der Waals surface area contributed by atoms with Crippen LogP contribution in [0.3, 0.4) is 0 Å². The van der Waals surface area contributed by atoms with E-state index in [0.717, 1.165) is 11.4 Å². The van der Waals surface area contributed by atoms with E-state index < -0.39 is 21.6 Å². The van der Waals surface area contributed by atoms with Crippen molar-refractivity contribution in [3.63, 3.8) is 0 Å². The second kappa shape index (κ2) is 8.01. The Hall–Kier alpha value is -1.40. The lowest BCUT2D eigenvalue weighted by atomic mass is 10.4. The first kappa shape index (κ1) is 15.0. The molecule has 0 unspecified atom stereocenters. The van der Waals surface area contributed by atoms with Crippen LogP contribution in [0.25, 0.3) is 0 Å². The molecule has 0 radical (unpaired) electrons. The number of aromatic nitrogens is 2. The van der Waals surface area contributed by atoms with E-state index in [9.17, 15) is 8.42 Å². The van der Waals surface area contributed by atoms with Gasteiger partial charge >= 0.3 is 0 Å². The van der Waals surface area contributed by atoms with Gasteiger partial charge in [0.05, 0.1) is 22.9 Å². The van der Waals surface area contributed by atoms with E-state index in [2.05, 4.69) is 9.97 Å². The van der Waals surface area contributed by atoms with Crippen LogP contribution >= 0.6 is 0 Å². The van der Waals surface area contributed by atoms with Crippen LogP contribution in [-0.4, -0.2) is 29.9 Å². The molecule has 0 aliphatic carbocycles. The van der Waals surface area contributed by atoms with Crippen molar-refractivity contribution in [2.45, 2.75) is 11.5 Å². The maximum absolute atomic E-state index is 11.9. The molecule has 2 aromatic rings. The number of nitrogens with zero attached hydrogens (tertiary/aromatic N) is 2. The molecule has 20 heavy (non-hydrogen) atoms. The molecule has 2 atom stereocenters. The summed E-state index contributed by atoms with van der Waals surface area (Å²) in [4.78, 5) is 8.27. The molecule has 0 aliphatic heterocycles. The van der Waals surface area contributed by atoms with Crippen LogP contribution in [0.15, 0.2) is 48.8 Å². The smallest absolute Gasteiger partial charge is 0.0659 e. The van der Waals surface area contributed by atoms with Crippen molar-refractivity contribution < 1.29 is 8.42 Å². The highest BCUT2D eigenvalue weighted by Crippen LogP contribution is 2.02. The van der Waals surface area contributed by atoms with Crippen LogP contribution in [-0.2, 0) is 33.1 Å². The summed E-state index contributed by atoms with van der Waals surface area (Å²) < 4.78 is 23.8. The van der Waals surface area contributed by atoms with Gasteiger partial charge in [-0.15, -0.1) is 0 Å². The molecule has 2 heterocycles. The minimum Gasteiger partial charge on any atom is -0.260 e. The van der Waals surface area contributed by atoms with Crippen molar-refractivity contribution >= 4 is 21.6 Å². The maximum Gasteiger partial charge on any atom is 0.0659 e. The van der Waals surface area contributed by atoms with Crippen molar-refractivity contribution in [1.82, 2.24) is 9.97 Å². The van der Waals surface area contributed by atoms with Gasteiger partial charge in [-0.2, -0.15) is 0 Å². The zero-order valence-electron chi connectivity index (χ0n) is 11.0. The lowest BCUT2D eigenvalue weighted by molar-refractivity contribution is 0.677. The first-order valence-corrected chi connectivity index (χ1v) is 9.21. The molecule has 0 saturated heterocycles. The van der Waals surface area contributed by atoms with E-state index in [1.807, 2.05) is 36.4 Å². The summed E-state index contributed by atoms with van der Waals surface area (Å²) in [7, 11) is -2.05. The van der Waals surface area contributed by atoms with Crippen molar-refractivity contribution in [3.8, 4) is 0 Å². The van der Waals surface area contributed by atoms with Gasteiger partial charge in [0.25, 0.3) is 0 Å². The Morgan fingerprint density at radius 2 is 1.20 bits per heavy atom. The van der Waals surface area contributed by atoms with Crippen molar-refractivity contribution in [2.24, 2.45) is 0 Å². The summed E-state index contributed by atoms with van der Waals surface area (Å²) in [5.74, 6) is 1.69. The fourth-order valence-corrected chi connectivity index (χ4v) is 4.40. The maximum atomic E-state index is 11.9. The van der Waals surface area contributed by atoms with E-state index in [1.165, 1.54) is 0 Å². The van der Waals surface area contributed by atoms with Crippen molar-refractivity contribution in [1.29, 1.82) is 0 Å². The molecular formula is C14H16N2O2S2. The molecule has 0 bridgehead atoms. The van der Waals surface area contributed by atoms with E-state index in [0.29, 0.717) is 23.0 Å². The molecule has 0 aliphatic rings. The zero-order valence-corrected chi connectivity index (χ0v) is 12.6. The Bertz CT molecular complexity index is 523. The number of hydrogen-bond acceptors (Lipinski definition) is 4. The fraction of sp³-hybridized carbons (Fsp3) is 0.286. The normalized spacial score (nSPS) is 13.8. The third-order valence-electron chi connectivity index (χ3n) is 2.61. The minimum absolute atomic E-state index is 0.418. The minimum atomic E-state index is -1.03. The first-order valence-electron chi connectivity index (χ1n) is 6.24. The van der Waals surface area contributed by atoms with E-state index in [1.54, 1.807) is 12.4 Å². The monoisotopic (exact) mass is 308 g/mol. The lowest BCUT2D eigenvalue weighted by Crippen LogP contribution is -2.11. The second-order valence-electron chi connectivity index (χ2n) is 4.22. The summed E-state index contributed by atoms with van der Waals surface area (Å²) >= 11 is 0. The number of pyridine rings is 2. The van der Waals surface area contributed by atoms with Gasteiger partial charge in [0.15, 0.2) is 0 Å². The van der Waals surface area contributed by atoms with E-state index in [-0.39, 0.29) is 0 Å². The summed E-state index contributed by atoms with van der Waals surface area (Å²) in [6.45, 7) is 0. The predicted molar refractivity (Wildman–Crippen MR) is 81.9 cm³/mol. The molecule has 106 valence electrons. The Labute approximate surface area is 123 Å². The quantitative estimate of drug-likeness (QED) is 0.781. The molecular weight excluding hydrogens is 292 g/mol. The molecule has 0 aromatic carbocycles. The Kier molecular flexibility index (Phi) is 6.01. The van der Waals surface area contributed by atoms with Crippen molar-refractivity contribution in [2.75, 3.05) is 11.5 Å². The second-order valence-corrected chi connectivity index (χ2v) is 7.37. The lowest BCUT2D eigenvalue weighted by Gasteiger charge is -2.03. The fourth-order valence-electron chi connectivity index (χ4n) is 1.63. The van der Waals surface area contributed by atoms with E-state index >= 15 is 0 Å². The standard InChI is InChI=1S/C14H16N2O2S2/c17-19(11-13-5-1-3-7-15-13)9-10-20(18)12-14-6-2-4-8-16-14/h1-8H,9-12H2/t19-,20-/m0/s1. The Morgan fingerprint density at radius 3 is 1.55 bits per heavy atom. The molecule has 0 saturated carbocycles. The molecule has 6 heteroatoms. The van der Waals surface area contributed by atoms with Crippen LogP contribution in [0.1, 0.15) is 11.4 Å². The summed E-state index contributed by atoms with van der Waals surface area (Å²) in [5, 5.41) is 0. The summed E-state index contributed by atoms with van der Waals surface area (Å²) in [5.41, 5.74) is 1.61. The average Bonchev–Trinajstić information content (AvgIpc) is 2.47. The van der Waals surface area contributed by atoms with Crippen LogP contribution in [0.2, 0.25) is 0 Å². The summed E-state index contributed by atoms with van der Waals surface area (Å²) in [6, 6.07) is 11.1. The summed E-state index contributed by atoms with van der Waals surface area (Å²) in [6.07, 6.45) is 3.37. The predicted octanol–water partition coefficient (Wildman–Crippen LogP) is 1.67. The highest BCUT2D eigenvalue weighted by Gasteiger charge is 2.07. The van der Waals surface area contributed by atoms with Gasteiger partial charge < -0.3 is 0 Å². The highest BCUT2D eigenvalue weighted by atomic mass is 32.2. The van der Waals surface area contributed by atoms with Crippen LogP contribution in [0, 0.1) is 0 Å².